The first-order valence-electron chi connectivity index (χ1n) is 6.21. The van der Waals surface area contributed by atoms with Crippen LogP contribution in [-0.4, -0.2) is 36.8 Å². The molecule has 0 amide bonds. The quantitative estimate of drug-likeness (QED) is 0.726. The molecule has 1 aliphatic rings. The Kier molecular flexibility index (Phi) is 4.50. The van der Waals surface area contributed by atoms with Crippen molar-refractivity contribution < 1.29 is 4.74 Å². The lowest BCUT2D eigenvalue weighted by molar-refractivity contribution is -0.0653. The van der Waals surface area contributed by atoms with E-state index in [0.717, 1.165) is 32.7 Å². The summed E-state index contributed by atoms with van der Waals surface area (Å²) in [6, 6.07) is 0.367. The molecule has 0 aliphatic carbocycles. The maximum Gasteiger partial charge on any atom is 0.109 e. The number of nitrogens with one attached hydrogen (secondary N) is 2. The van der Waals surface area contributed by atoms with Gasteiger partial charge in [0.1, 0.15) is 5.01 Å². The highest BCUT2D eigenvalue weighted by Gasteiger charge is 2.32. The monoisotopic (exact) mass is 255 g/mol. The molecular weight excluding hydrogens is 234 g/mol. The molecule has 17 heavy (non-hydrogen) atoms. The normalized spacial score (nSPS) is 19.9. The molecule has 2 heterocycles. The first-order chi connectivity index (χ1) is 8.23. The molecule has 0 bridgehead atoms. The summed E-state index contributed by atoms with van der Waals surface area (Å²) in [6.07, 6.45) is 2.92. The molecule has 1 atom stereocenters. The number of hydrogen-bond acceptors (Lipinski definition) is 5. The van der Waals surface area contributed by atoms with Crippen molar-refractivity contribution in [1.29, 1.82) is 0 Å². The molecule has 1 aromatic rings. The molecular formula is C12H21N3OS. The van der Waals surface area contributed by atoms with E-state index in [1.54, 1.807) is 11.3 Å². The highest BCUT2D eigenvalue weighted by atomic mass is 32.1. The van der Waals surface area contributed by atoms with Crippen LogP contribution >= 0.6 is 11.3 Å². The van der Waals surface area contributed by atoms with E-state index in [2.05, 4.69) is 29.5 Å². The van der Waals surface area contributed by atoms with Crippen molar-refractivity contribution in [1.82, 2.24) is 15.6 Å². The van der Waals surface area contributed by atoms with Crippen molar-refractivity contribution in [3.8, 4) is 0 Å². The Morgan fingerprint density at radius 2 is 2.47 bits per heavy atom. The SMILES string of the molecule is CCC(NCCOC1(C)CNC1)c1nccs1. The molecule has 2 rings (SSSR count). The van der Waals surface area contributed by atoms with Gasteiger partial charge in [-0.15, -0.1) is 11.3 Å². The average Bonchev–Trinajstić information content (AvgIpc) is 2.80. The lowest BCUT2D eigenvalue weighted by Crippen LogP contribution is -2.59. The Morgan fingerprint density at radius 1 is 1.65 bits per heavy atom. The second-order valence-electron chi connectivity index (χ2n) is 4.69. The highest BCUT2D eigenvalue weighted by molar-refractivity contribution is 7.09. The van der Waals surface area contributed by atoms with Crippen LogP contribution in [0.4, 0.5) is 0 Å². The van der Waals surface area contributed by atoms with Crippen molar-refractivity contribution in [3.05, 3.63) is 16.6 Å². The maximum atomic E-state index is 5.84. The molecule has 5 heteroatoms. The van der Waals surface area contributed by atoms with Crippen molar-refractivity contribution >= 4 is 11.3 Å². The Bertz CT molecular complexity index is 325. The Balaban J connectivity index is 1.66. The van der Waals surface area contributed by atoms with Crippen LogP contribution in [0, 0.1) is 0 Å². The van der Waals surface area contributed by atoms with Gasteiger partial charge in [0.05, 0.1) is 18.2 Å². The Labute approximate surface area is 107 Å². The molecule has 96 valence electrons. The third kappa shape index (κ3) is 3.48. The minimum Gasteiger partial charge on any atom is -0.371 e. The van der Waals surface area contributed by atoms with E-state index in [-0.39, 0.29) is 5.60 Å². The molecule has 4 nitrogen and oxygen atoms in total. The summed E-state index contributed by atoms with van der Waals surface area (Å²) in [5.74, 6) is 0. The maximum absolute atomic E-state index is 5.84. The number of nitrogens with zero attached hydrogens (tertiary/aromatic N) is 1. The summed E-state index contributed by atoms with van der Waals surface area (Å²) in [6.45, 7) is 7.92. The molecule has 0 spiro atoms. The van der Waals surface area contributed by atoms with E-state index in [4.69, 9.17) is 4.74 Å². The average molecular weight is 255 g/mol. The summed E-state index contributed by atoms with van der Waals surface area (Å²) in [5, 5.41) is 9.92. The molecule has 0 radical (unpaired) electrons. The van der Waals surface area contributed by atoms with Crippen LogP contribution in [-0.2, 0) is 4.74 Å². The van der Waals surface area contributed by atoms with Gasteiger partial charge in [-0.1, -0.05) is 6.92 Å². The zero-order valence-electron chi connectivity index (χ0n) is 10.5. The van der Waals surface area contributed by atoms with Crippen LogP contribution in [0.3, 0.4) is 0 Å². The third-order valence-electron chi connectivity index (χ3n) is 3.10. The lowest BCUT2D eigenvalue weighted by atomic mass is 10.0. The van der Waals surface area contributed by atoms with Crippen molar-refractivity contribution in [3.63, 3.8) is 0 Å². The smallest absolute Gasteiger partial charge is 0.109 e. The van der Waals surface area contributed by atoms with Crippen LogP contribution < -0.4 is 10.6 Å². The first kappa shape index (κ1) is 13.0. The van der Waals surface area contributed by atoms with Crippen LogP contribution in [0.1, 0.15) is 31.3 Å². The van der Waals surface area contributed by atoms with Gasteiger partial charge in [-0.25, -0.2) is 4.98 Å². The number of thiazole rings is 1. The molecule has 1 fully saturated rings. The number of hydrogen-bond donors (Lipinski definition) is 2. The molecule has 0 saturated carbocycles. The minimum absolute atomic E-state index is 0.0601. The van der Waals surface area contributed by atoms with Gasteiger partial charge >= 0.3 is 0 Å². The van der Waals surface area contributed by atoms with Gasteiger partial charge < -0.3 is 15.4 Å². The Hall–Kier alpha value is -0.490. The predicted molar refractivity (Wildman–Crippen MR) is 70.4 cm³/mol. The molecule has 1 unspecified atom stereocenters. The zero-order chi connectivity index (χ0) is 12.1. The van der Waals surface area contributed by atoms with E-state index < -0.39 is 0 Å². The largest absolute Gasteiger partial charge is 0.371 e. The first-order valence-corrected chi connectivity index (χ1v) is 7.09. The van der Waals surface area contributed by atoms with Gasteiger partial charge in [0, 0.05) is 31.2 Å². The summed E-state index contributed by atoms with van der Waals surface area (Å²) >= 11 is 1.71. The van der Waals surface area contributed by atoms with Gasteiger partial charge in [-0.2, -0.15) is 0 Å². The molecule has 1 saturated heterocycles. The number of ether oxygens (including phenoxy) is 1. The van der Waals surface area contributed by atoms with Gasteiger partial charge in [-0.3, -0.25) is 0 Å². The van der Waals surface area contributed by atoms with Gasteiger partial charge in [0.15, 0.2) is 0 Å². The summed E-state index contributed by atoms with van der Waals surface area (Å²) in [7, 11) is 0. The van der Waals surface area contributed by atoms with Crippen LogP contribution in [0.5, 0.6) is 0 Å². The molecule has 2 N–H and O–H groups in total. The fraction of sp³-hybridized carbons (Fsp3) is 0.750. The molecule has 1 aromatic heterocycles. The summed E-state index contributed by atoms with van der Waals surface area (Å²) < 4.78 is 5.84. The van der Waals surface area contributed by atoms with Crippen molar-refractivity contribution in [2.45, 2.75) is 31.9 Å². The topological polar surface area (TPSA) is 46.2 Å². The van der Waals surface area contributed by atoms with Gasteiger partial charge in [0.2, 0.25) is 0 Å². The second kappa shape index (κ2) is 5.91. The number of rotatable bonds is 7. The standard InChI is InChI=1S/C12H21N3OS/c1-3-10(11-15-5-7-17-11)14-4-6-16-12(2)8-13-9-12/h5,7,10,13-14H,3-4,6,8-9H2,1-2H3. The fourth-order valence-electron chi connectivity index (χ4n) is 1.92. The number of aromatic nitrogens is 1. The third-order valence-corrected chi connectivity index (χ3v) is 3.99. The lowest BCUT2D eigenvalue weighted by Gasteiger charge is -2.39. The fourth-order valence-corrected chi connectivity index (χ4v) is 2.72. The van der Waals surface area contributed by atoms with E-state index >= 15 is 0 Å². The van der Waals surface area contributed by atoms with Crippen LogP contribution in [0.15, 0.2) is 11.6 Å². The van der Waals surface area contributed by atoms with Crippen LogP contribution in [0.2, 0.25) is 0 Å². The molecule has 1 aliphatic heterocycles. The van der Waals surface area contributed by atoms with E-state index in [0.29, 0.717) is 6.04 Å². The van der Waals surface area contributed by atoms with E-state index in [1.807, 2.05) is 11.6 Å². The zero-order valence-corrected chi connectivity index (χ0v) is 11.3. The summed E-state index contributed by atoms with van der Waals surface area (Å²) in [4.78, 5) is 4.35. The Morgan fingerprint density at radius 3 is 3.00 bits per heavy atom. The highest BCUT2D eigenvalue weighted by Crippen LogP contribution is 2.19. The molecule has 0 aromatic carbocycles. The van der Waals surface area contributed by atoms with Crippen molar-refractivity contribution in [2.75, 3.05) is 26.2 Å². The minimum atomic E-state index is 0.0601. The van der Waals surface area contributed by atoms with E-state index in [1.165, 1.54) is 5.01 Å². The predicted octanol–water partition coefficient (Wildman–Crippen LogP) is 1.56. The van der Waals surface area contributed by atoms with Gasteiger partial charge in [-0.05, 0) is 13.3 Å². The van der Waals surface area contributed by atoms with E-state index in [9.17, 15) is 0 Å². The summed E-state index contributed by atoms with van der Waals surface area (Å²) in [5.41, 5.74) is 0.0601. The second-order valence-corrected chi connectivity index (χ2v) is 5.61. The van der Waals surface area contributed by atoms with Crippen LogP contribution in [0.25, 0.3) is 0 Å². The van der Waals surface area contributed by atoms with Crippen molar-refractivity contribution in [2.24, 2.45) is 0 Å². The van der Waals surface area contributed by atoms with Gasteiger partial charge in [0.25, 0.3) is 0 Å².